The topological polar surface area (TPSA) is 96.8 Å². The molecule has 34 heavy (non-hydrogen) atoms. The number of carbonyl (C=O) groups is 1. The Labute approximate surface area is 200 Å². The second-order valence-electron chi connectivity index (χ2n) is 9.01. The van der Waals surface area contributed by atoms with Gasteiger partial charge in [-0.05, 0) is 39.3 Å². The van der Waals surface area contributed by atoms with Crippen molar-refractivity contribution in [1.29, 1.82) is 0 Å². The maximum Gasteiger partial charge on any atom is 0.416 e. The number of rotatable bonds is 6. The highest BCUT2D eigenvalue weighted by Gasteiger charge is 2.41. The number of amides is 1. The second-order valence-corrected chi connectivity index (χ2v) is 9.42. The van der Waals surface area contributed by atoms with Crippen LogP contribution in [0.1, 0.15) is 38.3 Å². The first-order valence-corrected chi connectivity index (χ1v) is 10.9. The normalized spacial score (nSPS) is 18.6. The number of aliphatic hydroxyl groups excluding tert-OH is 1. The van der Waals surface area contributed by atoms with Crippen LogP contribution in [0.3, 0.4) is 0 Å². The molecule has 1 aromatic carbocycles. The van der Waals surface area contributed by atoms with E-state index < -0.39 is 35.6 Å². The van der Waals surface area contributed by atoms with Crippen LogP contribution >= 0.6 is 11.6 Å². The molecule has 0 spiro atoms. The molecular weight excluding hydrogens is 477 g/mol. The van der Waals surface area contributed by atoms with E-state index in [9.17, 15) is 23.1 Å². The Morgan fingerprint density at radius 2 is 1.94 bits per heavy atom. The van der Waals surface area contributed by atoms with Crippen LogP contribution in [-0.2, 0) is 17.5 Å². The van der Waals surface area contributed by atoms with Gasteiger partial charge in [-0.15, -0.1) is 0 Å². The van der Waals surface area contributed by atoms with Crippen LogP contribution in [0.15, 0.2) is 30.6 Å². The fourth-order valence-corrected chi connectivity index (χ4v) is 3.74. The summed E-state index contributed by atoms with van der Waals surface area (Å²) < 4.78 is 50.4. The molecular formula is C22H26ClF3N4O4. The van der Waals surface area contributed by atoms with Crippen molar-refractivity contribution in [3.63, 3.8) is 0 Å². The number of halogens is 4. The van der Waals surface area contributed by atoms with Gasteiger partial charge in [0.1, 0.15) is 12.2 Å². The van der Waals surface area contributed by atoms with Gasteiger partial charge < -0.3 is 24.8 Å². The van der Waals surface area contributed by atoms with Gasteiger partial charge in [0.2, 0.25) is 5.95 Å². The number of nitrogens with zero attached hydrogens (tertiary/aromatic N) is 3. The zero-order valence-electron chi connectivity index (χ0n) is 18.9. The lowest BCUT2D eigenvalue weighted by Gasteiger charge is -2.30. The maximum absolute atomic E-state index is 13.2. The van der Waals surface area contributed by atoms with Crippen molar-refractivity contribution >= 4 is 23.6 Å². The third kappa shape index (κ3) is 6.41. The van der Waals surface area contributed by atoms with E-state index >= 15 is 0 Å². The molecule has 1 atom stereocenters. The van der Waals surface area contributed by atoms with Crippen LogP contribution in [0.5, 0.6) is 5.75 Å². The molecule has 1 amide bonds. The number of aliphatic hydroxyl groups is 1. The van der Waals surface area contributed by atoms with Crippen molar-refractivity contribution in [2.24, 2.45) is 0 Å². The summed E-state index contributed by atoms with van der Waals surface area (Å²) in [6, 6.07) is 3.53. The first-order valence-electron chi connectivity index (χ1n) is 10.5. The number of nitrogens with one attached hydrogen (secondary N) is 1. The lowest BCUT2D eigenvalue weighted by atomic mass is 10.0. The van der Waals surface area contributed by atoms with Crippen LogP contribution in [-0.4, -0.2) is 52.0 Å². The van der Waals surface area contributed by atoms with Crippen molar-refractivity contribution < 1.29 is 32.5 Å². The Morgan fingerprint density at radius 1 is 1.26 bits per heavy atom. The molecule has 1 aliphatic rings. The predicted octanol–water partition coefficient (Wildman–Crippen LogP) is 4.19. The number of ether oxygens (including phenoxy) is 2. The number of alkyl carbamates (subject to hydrolysis) is 1. The molecule has 8 nitrogen and oxygen atoms in total. The van der Waals surface area contributed by atoms with Gasteiger partial charge in [0, 0.05) is 23.7 Å². The van der Waals surface area contributed by atoms with E-state index in [1.54, 1.807) is 25.7 Å². The molecule has 1 aliphatic heterocycles. The molecule has 1 unspecified atom stereocenters. The fourth-order valence-electron chi connectivity index (χ4n) is 3.51. The van der Waals surface area contributed by atoms with E-state index in [0.717, 1.165) is 6.07 Å². The van der Waals surface area contributed by atoms with Crippen molar-refractivity contribution in [1.82, 2.24) is 15.3 Å². The summed E-state index contributed by atoms with van der Waals surface area (Å²) >= 11 is 5.95. The summed E-state index contributed by atoms with van der Waals surface area (Å²) in [5, 5.41) is 12.6. The molecule has 0 aliphatic carbocycles. The van der Waals surface area contributed by atoms with Gasteiger partial charge in [-0.2, -0.15) is 13.2 Å². The summed E-state index contributed by atoms with van der Waals surface area (Å²) in [7, 11) is 0. The zero-order valence-corrected chi connectivity index (χ0v) is 19.7. The van der Waals surface area contributed by atoms with Crippen LogP contribution < -0.4 is 15.0 Å². The van der Waals surface area contributed by atoms with Crippen LogP contribution in [0, 0.1) is 0 Å². The quantitative estimate of drug-likeness (QED) is 0.611. The third-order valence-corrected chi connectivity index (χ3v) is 5.48. The highest BCUT2D eigenvalue weighted by Crippen LogP contribution is 2.35. The SMILES string of the molecule is CC(C)(C)OC(=O)NC1(CO)CCN(c2ncc(OCc3c(Cl)cccc3C(F)(F)F)cn2)C1. The lowest BCUT2D eigenvalue weighted by Crippen LogP contribution is -2.54. The van der Waals surface area contributed by atoms with E-state index in [2.05, 4.69) is 15.3 Å². The minimum atomic E-state index is -4.56. The molecule has 2 aromatic rings. The average molecular weight is 503 g/mol. The minimum absolute atomic E-state index is 0.0535. The molecule has 0 radical (unpaired) electrons. The fraction of sp³-hybridized carbons (Fsp3) is 0.500. The van der Waals surface area contributed by atoms with Gasteiger partial charge in [-0.1, -0.05) is 17.7 Å². The van der Waals surface area contributed by atoms with E-state index in [1.807, 2.05) is 0 Å². The summed E-state index contributed by atoms with van der Waals surface area (Å²) in [6.07, 6.45) is -2.08. The average Bonchev–Trinajstić information content (AvgIpc) is 3.15. The minimum Gasteiger partial charge on any atom is -0.486 e. The number of anilines is 1. The molecule has 2 heterocycles. The van der Waals surface area contributed by atoms with Crippen molar-refractivity contribution in [2.75, 3.05) is 24.6 Å². The molecule has 1 aromatic heterocycles. The number of aromatic nitrogens is 2. The number of alkyl halides is 3. The monoisotopic (exact) mass is 502 g/mol. The van der Waals surface area contributed by atoms with Crippen LogP contribution in [0.25, 0.3) is 0 Å². The van der Waals surface area contributed by atoms with Crippen molar-refractivity contribution in [2.45, 2.75) is 51.1 Å². The van der Waals surface area contributed by atoms with E-state index in [0.29, 0.717) is 18.9 Å². The molecule has 186 valence electrons. The Hall–Kier alpha value is -2.79. The lowest BCUT2D eigenvalue weighted by molar-refractivity contribution is -0.138. The smallest absolute Gasteiger partial charge is 0.416 e. The highest BCUT2D eigenvalue weighted by molar-refractivity contribution is 6.31. The molecule has 3 rings (SSSR count). The van der Waals surface area contributed by atoms with Gasteiger partial charge >= 0.3 is 12.3 Å². The van der Waals surface area contributed by atoms with Gasteiger partial charge in [-0.25, -0.2) is 14.8 Å². The van der Waals surface area contributed by atoms with Gasteiger partial charge in [0.25, 0.3) is 0 Å². The van der Waals surface area contributed by atoms with Gasteiger partial charge in [0.05, 0.1) is 30.1 Å². The standard InChI is InChI=1S/C22H26ClF3N4O4/c1-20(2,3)34-19(32)29-21(13-31)7-8-30(12-21)18-27-9-14(10-28-18)33-11-15-16(22(24,25)26)5-4-6-17(15)23/h4-6,9-10,31H,7-8,11-13H2,1-3H3,(H,29,32). The van der Waals surface area contributed by atoms with E-state index in [4.69, 9.17) is 21.1 Å². The molecule has 12 heteroatoms. The Morgan fingerprint density at radius 3 is 2.53 bits per heavy atom. The van der Waals surface area contributed by atoms with Crippen LogP contribution in [0.4, 0.5) is 23.9 Å². The summed E-state index contributed by atoms with van der Waals surface area (Å²) in [5.74, 6) is 0.485. The van der Waals surface area contributed by atoms with Crippen LogP contribution in [0.2, 0.25) is 5.02 Å². The number of hydrogen-bond donors (Lipinski definition) is 2. The third-order valence-electron chi connectivity index (χ3n) is 5.13. The van der Waals surface area contributed by atoms with Crippen molar-refractivity contribution in [3.8, 4) is 5.75 Å². The summed E-state index contributed by atoms with van der Waals surface area (Å²) in [5.41, 5.74) is -2.64. The molecule has 0 bridgehead atoms. The molecule has 1 saturated heterocycles. The van der Waals surface area contributed by atoms with Crippen molar-refractivity contribution in [3.05, 3.63) is 46.7 Å². The number of hydrogen-bond acceptors (Lipinski definition) is 7. The number of benzene rings is 1. The van der Waals surface area contributed by atoms with E-state index in [1.165, 1.54) is 24.5 Å². The highest BCUT2D eigenvalue weighted by atomic mass is 35.5. The predicted molar refractivity (Wildman–Crippen MR) is 119 cm³/mol. The second kappa shape index (κ2) is 9.83. The molecule has 1 fully saturated rings. The van der Waals surface area contributed by atoms with E-state index in [-0.39, 0.29) is 29.5 Å². The Kier molecular flexibility index (Phi) is 7.47. The molecule has 2 N–H and O–H groups in total. The summed E-state index contributed by atoms with van der Waals surface area (Å²) in [6.45, 7) is 5.23. The Bertz CT molecular complexity index is 1010. The largest absolute Gasteiger partial charge is 0.486 e. The maximum atomic E-state index is 13.2. The first-order chi connectivity index (χ1) is 15.8. The summed E-state index contributed by atoms with van der Waals surface area (Å²) in [4.78, 5) is 22.4. The first kappa shape index (κ1) is 25.8. The van der Waals surface area contributed by atoms with Gasteiger partial charge in [-0.3, -0.25) is 0 Å². The zero-order chi connectivity index (χ0) is 25.1. The molecule has 0 saturated carbocycles. The number of carbonyl (C=O) groups excluding carboxylic acids is 1. The van der Waals surface area contributed by atoms with Gasteiger partial charge in [0.15, 0.2) is 5.75 Å². The Balaban J connectivity index is 1.64.